The minimum atomic E-state index is -3.59. The summed E-state index contributed by atoms with van der Waals surface area (Å²) in [7, 11) is -3.59. The summed E-state index contributed by atoms with van der Waals surface area (Å²) in [6.07, 6.45) is 0. The van der Waals surface area contributed by atoms with Crippen LogP contribution in [0.1, 0.15) is 22.3 Å². The Morgan fingerprint density at radius 2 is 1.71 bits per heavy atom. The topological polar surface area (TPSA) is 66.4 Å². The molecule has 2 rings (SSSR count). The van der Waals surface area contributed by atoms with E-state index in [2.05, 4.69) is 4.72 Å². The van der Waals surface area contributed by atoms with Gasteiger partial charge >= 0.3 is 0 Å². The number of rotatable bonds is 5. The number of benzene rings is 2. The predicted molar refractivity (Wildman–Crippen MR) is 82.3 cm³/mol. The average molecular weight is 305 g/mol. The zero-order valence-corrected chi connectivity index (χ0v) is 12.9. The first-order valence-electron chi connectivity index (χ1n) is 6.68. The van der Waals surface area contributed by atoms with Crippen LogP contribution in [0.15, 0.2) is 47.4 Å². The quantitative estimate of drug-likeness (QED) is 0.890. The van der Waals surface area contributed by atoms with E-state index in [1.807, 2.05) is 31.2 Å². The van der Waals surface area contributed by atoms with Gasteiger partial charge in [0.05, 0.1) is 11.5 Å². The lowest BCUT2D eigenvalue weighted by Gasteiger charge is -2.12. The third-order valence-electron chi connectivity index (χ3n) is 3.44. The zero-order valence-electron chi connectivity index (χ0n) is 12.1. The van der Waals surface area contributed by atoms with Crippen LogP contribution < -0.4 is 4.72 Å². The van der Waals surface area contributed by atoms with Crippen molar-refractivity contribution in [3.63, 3.8) is 0 Å². The molecule has 5 heteroatoms. The Kier molecular flexibility index (Phi) is 4.77. The predicted octanol–water partition coefficient (Wildman–Crippen LogP) is 2.27. The van der Waals surface area contributed by atoms with Crippen LogP contribution in [0.2, 0.25) is 0 Å². The van der Waals surface area contributed by atoms with Crippen molar-refractivity contribution < 1.29 is 13.5 Å². The highest BCUT2D eigenvalue weighted by atomic mass is 32.2. The molecule has 2 aromatic rings. The van der Waals surface area contributed by atoms with E-state index in [1.165, 1.54) is 0 Å². The fourth-order valence-electron chi connectivity index (χ4n) is 2.08. The monoisotopic (exact) mass is 305 g/mol. The Morgan fingerprint density at radius 3 is 2.33 bits per heavy atom. The molecule has 0 aromatic heterocycles. The van der Waals surface area contributed by atoms with E-state index in [-0.39, 0.29) is 18.0 Å². The Labute approximate surface area is 125 Å². The first-order valence-corrected chi connectivity index (χ1v) is 8.17. The van der Waals surface area contributed by atoms with Crippen LogP contribution in [-0.4, -0.2) is 13.5 Å². The minimum Gasteiger partial charge on any atom is -0.392 e. The summed E-state index contributed by atoms with van der Waals surface area (Å²) >= 11 is 0. The van der Waals surface area contributed by atoms with Crippen molar-refractivity contribution in [3.05, 3.63) is 64.7 Å². The van der Waals surface area contributed by atoms with E-state index in [0.717, 1.165) is 11.1 Å². The Balaban J connectivity index is 2.21. The van der Waals surface area contributed by atoms with Gasteiger partial charge in [0, 0.05) is 6.54 Å². The maximum absolute atomic E-state index is 12.4. The van der Waals surface area contributed by atoms with Gasteiger partial charge in [-0.3, -0.25) is 0 Å². The van der Waals surface area contributed by atoms with Crippen molar-refractivity contribution in [1.82, 2.24) is 4.72 Å². The number of aryl methyl sites for hydroxylation is 1. The van der Waals surface area contributed by atoms with Crippen LogP contribution >= 0.6 is 0 Å². The van der Waals surface area contributed by atoms with Crippen molar-refractivity contribution >= 4 is 10.0 Å². The second kappa shape index (κ2) is 6.39. The highest BCUT2D eigenvalue weighted by molar-refractivity contribution is 7.89. The van der Waals surface area contributed by atoms with Crippen molar-refractivity contribution in [2.45, 2.75) is 31.9 Å². The van der Waals surface area contributed by atoms with Crippen molar-refractivity contribution in [2.24, 2.45) is 0 Å². The lowest BCUT2D eigenvalue weighted by molar-refractivity contribution is 0.280. The molecule has 0 bridgehead atoms. The van der Waals surface area contributed by atoms with E-state index < -0.39 is 10.0 Å². The second-order valence-electron chi connectivity index (χ2n) is 5.01. The van der Waals surface area contributed by atoms with Gasteiger partial charge in [0.2, 0.25) is 10.0 Å². The molecule has 0 heterocycles. The normalized spacial score (nSPS) is 11.6. The van der Waals surface area contributed by atoms with Crippen LogP contribution in [0, 0.1) is 13.8 Å². The van der Waals surface area contributed by atoms with Crippen LogP contribution in [0.25, 0.3) is 0 Å². The maximum atomic E-state index is 12.4. The van der Waals surface area contributed by atoms with E-state index in [0.29, 0.717) is 11.1 Å². The van der Waals surface area contributed by atoms with Crippen molar-refractivity contribution in [1.29, 1.82) is 0 Å². The molecule has 0 aliphatic heterocycles. The number of aliphatic hydroxyl groups is 1. The molecule has 21 heavy (non-hydrogen) atoms. The number of hydrogen-bond donors (Lipinski definition) is 2. The first-order chi connectivity index (χ1) is 9.94. The smallest absolute Gasteiger partial charge is 0.241 e. The molecule has 0 spiro atoms. The van der Waals surface area contributed by atoms with Gasteiger partial charge in [-0.1, -0.05) is 42.0 Å². The fourth-order valence-corrected chi connectivity index (χ4v) is 3.39. The third kappa shape index (κ3) is 3.69. The van der Waals surface area contributed by atoms with Crippen LogP contribution in [0.4, 0.5) is 0 Å². The average Bonchev–Trinajstić information content (AvgIpc) is 2.47. The Hall–Kier alpha value is -1.69. The Morgan fingerprint density at radius 1 is 1.05 bits per heavy atom. The molecule has 0 atom stereocenters. The summed E-state index contributed by atoms with van der Waals surface area (Å²) in [5.74, 6) is 0. The molecular weight excluding hydrogens is 286 g/mol. The zero-order chi connectivity index (χ0) is 15.5. The van der Waals surface area contributed by atoms with Crippen molar-refractivity contribution in [2.75, 3.05) is 0 Å². The molecule has 4 nitrogen and oxygen atoms in total. The molecule has 2 aromatic carbocycles. The molecule has 0 fully saturated rings. The summed E-state index contributed by atoms with van der Waals surface area (Å²) in [5, 5.41) is 9.23. The molecule has 0 saturated heterocycles. The third-order valence-corrected chi connectivity index (χ3v) is 4.99. The number of aliphatic hydroxyl groups excluding tert-OH is 1. The highest BCUT2D eigenvalue weighted by Crippen LogP contribution is 2.19. The van der Waals surface area contributed by atoms with E-state index >= 15 is 0 Å². The number of nitrogens with one attached hydrogen (secondary N) is 1. The summed E-state index contributed by atoms with van der Waals surface area (Å²) in [6, 6.07) is 12.6. The molecule has 0 saturated carbocycles. The molecule has 2 N–H and O–H groups in total. The SMILES string of the molecule is Cc1ccc(CNS(=O)(=O)c2cccc(CO)c2C)cc1. The number of hydrogen-bond acceptors (Lipinski definition) is 3. The molecular formula is C16H19NO3S. The highest BCUT2D eigenvalue weighted by Gasteiger charge is 2.17. The molecule has 0 unspecified atom stereocenters. The van der Waals surface area contributed by atoms with Gasteiger partial charge in [0.25, 0.3) is 0 Å². The molecule has 112 valence electrons. The molecule has 0 aliphatic carbocycles. The number of sulfonamides is 1. The summed E-state index contributed by atoms with van der Waals surface area (Å²) in [5.41, 5.74) is 3.23. The molecule has 0 amide bonds. The minimum absolute atomic E-state index is 0.173. The second-order valence-corrected chi connectivity index (χ2v) is 6.74. The van der Waals surface area contributed by atoms with Crippen molar-refractivity contribution in [3.8, 4) is 0 Å². The van der Waals surface area contributed by atoms with Gasteiger partial charge in [0.15, 0.2) is 0 Å². The summed E-state index contributed by atoms with van der Waals surface area (Å²) in [6.45, 7) is 3.75. The Bertz CT molecular complexity index is 722. The van der Waals surface area contributed by atoms with Gasteiger partial charge < -0.3 is 5.11 Å². The first kappa shape index (κ1) is 15.7. The maximum Gasteiger partial charge on any atom is 0.241 e. The van der Waals surface area contributed by atoms with Crippen LogP contribution in [0.3, 0.4) is 0 Å². The standard InChI is InChI=1S/C16H19NO3S/c1-12-6-8-14(9-7-12)10-17-21(19,20)16-5-3-4-15(11-18)13(16)2/h3-9,17-18H,10-11H2,1-2H3. The van der Waals surface area contributed by atoms with Gasteiger partial charge in [-0.15, -0.1) is 0 Å². The molecule has 0 radical (unpaired) electrons. The van der Waals surface area contributed by atoms with Crippen LogP contribution in [-0.2, 0) is 23.2 Å². The lowest BCUT2D eigenvalue weighted by atomic mass is 10.1. The van der Waals surface area contributed by atoms with Gasteiger partial charge in [-0.25, -0.2) is 13.1 Å². The molecule has 0 aliphatic rings. The largest absolute Gasteiger partial charge is 0.392 e. The van der Waals surface area contributed by atoms with Gasteiger partial charge in [0.1, 0.15) is 0 Å². The van der Waals surface area contributed by atoms with Gasteiger partial charge in [-0.05, 0) is 36.6 Å². The summed E-state index contributed by atoms with van der Waals surface area (Å²) in [4.78, 5) is 0.209. The van der Waals surface area contributed by atoms with E-state index in [1.54, 1.807) is 25.1 Å². The lowest BCUT2D eigenvalue weighted by Crippen LogP contribution is -2.24. The summed E-state index contributed by atoms with van der Waals surface area (Å²) < 4.78 is 27.3. The fraction of sp³-hybridized carbons (Fsp3) is 0.250. The van der Waals surface area contributed by atoms with Gasteiger partial charge in [-0.2, -0.15) is 0 Å². The van der Waals surface area contributed by atoms with Crippen LogP contribution in [0.5, 0.6) is 0 Å². The van der Waals surface area contributed by atoms with E-state index in [9.17, 15) is 13.5 Å². The van der Waals surface area contributed by atoms with E-state index in [4.69, 9.17) is 0 Å².